The summed E-state index contributed by atoms with van der Waals surface area (Å²) in [7, 11) is 0. The summed E-state index contributed by atoms with van der Waals surface area (Å²) in [6.45, 7) is 0. The molecule has 0 atom stereocenters. The molecule has 7 N–H and O–H groups in total. The van der Waals surface area contributed by atoms with Crippen molar-refractivity contribution < 1.29 is 4.79 Å². The van der Waals surface area contributed by atoms with Gasteiger partial charge >= 0.3 is 11.7 Å². The summed E-state index contributed by atoms with van der Waals surface area (Å²) in [5.41, 5.74) is 8.15. The van der Waals surface area contributed by atoms with E-state index in [1.807, 2.05) is 10.3 Å². The Morgan fingerprint density at radius 2 is 1.92 bits per heavy atom. The third-order valence-electron chi connectivity index (χ3n) is 1.22. The zero-order chi connectivity index (χ0) is 10.0. The molecule has 1 aromatic heterocycles. The van der Waals surface area contributed by atoms with Gasteiger partial charge in [0.25, 0.3) is 5.56 Å². The van der Waals surface area contributed by atoms with Crippen LogP contribution in [0, 0.1) is 0 Å². The SMILES string of the molecule is NC(=O)Nc1c(N)[nH]c(=O)[nH]c1=O. The molecule has 70 valence electrons. The Hall–Kier alpha value is -2.25. The van der Waals surface area contributed by atoms with E-state index in [4.69, 9.17) is 11.5 Å². The summed E-state index contributed by atoms with van der Waals surface area (Å²) in [5.74, 6) is -0.243. The van der Waals surface area contributed by atoms with Gasteiger partial charge in [-0.2, -0.15) is 0 Å². The van der Waals surface area contributed by atoms with Gasteiger partial charge in [0.1, 0.15) is 11.5 Å². The second kappa shape index (κ2) is 3.01. The van der Waals surface area contributed by atoms with E-state index in [9.17, 15) is 14.4 Å². The van der Waals surface area contributed by atoms with Gasteiger partial charge in [-0.05, 0) is 0 Å². The van der Waals surface area contributed by atoms with Gasteiger partial charge in [-0.3, -0.25) is 14.8 Å². The molecular weight excluding hydrogens is 178 g/mol. The lowest BCUT2D eigenvalue weighted by molar-refractivity contribution is 0.259. The predicted molar refractivity (Wildman–Crippen MR) is 45.3 cm³/mol. The Morgan fingerprint density at radius 3 is 2.38 bits per heavy atom. The number of nitrogen functional groups attached to an aromatic ring is 1. The fraction of sp³-hybridized carbons (Fsp3) is 0. The van der Waals surface area contributed by atoms with Crippen molar-refractivity contribution in [1.82, 2.24) is 9.97 Å². The minimum atomic E-state index is -0.941. The molecule has 0 aromatic carbocycles. The number of nitrogens with two attached hydrogens (primary N) is 2. The summed E-state index contributed by atoms with van der Waals surface area (Å²) in [6.07, 6.45) is 0. The molecule has 0 bridgehead atoms. The van der Waals surface area contributed by atoms with Crippen molar-refractivity contribution in [3.05, 3.63) is 20.8 Å². The molecule has 0 saturated carbocycles. The molecular formula is C5H7N5O3. The number of anilines is 2. The van der Waals surface area contributed by atoms with Crippen molar-refractivity contribution in [1.29, 1.82) is 0 Å². The molecule has 0 aliphatic carbocycles. The maximum Gasteiger partial charge on any atom is 0.327 e. The third-order valence-corrected chi connectivity index (χ3v) is 1.22. The van der Waals surface area contributed by atoms with Gasteiger partial charge in [0, 0.05) is 0 Å². The topological polar surface area (TPSA) is 147 Å². The van der Waals surface area contributed by atoms with Crippen molar-refractivity contribution in [2.75, 3.05) is 11.1 Å². The Balaban J connectivity index is 3.29. The average molecular weight is 185 g/mol. The molecule has 0 radical (unpaired) electrons. The van der Waals surface area contributed by atoms with Gasteiger partial charge in [0.05, 0.1) is 0 Å². The number of H-pyrrole nitrogens is 2. The first-order chi connectivity index (χ1) is 6.00. The fourth-order valence-corrected chi connectivity index (χ4v) is 0.751. The molecule has 0 spiro atoms. The lowest BCUT2D eigenvalue weighted by atomic mass is 10.5. The van der Waals surface area contributed by atoms with Crippen LogP contribution in [0.5, 0.6) is 0 Å². The molecule has 0 saturated heterocycles. The quantitative estimate of drug-likeness (QED) is 0.348. The maximum atomic E-state index is 11.0. The van der Waals surface area contributed by atoms with E-state index in [1.165, 1.54) is 0 Å². The minimum absolute atomic E-state index is 0.243. The van der Waals surface area contributed by atoms with E-state index < -0.39 is 17.3 Å². The number of nitrogens with one attached hydrogen (secondary N) is 3. The summed E-state index contributed by atoms with van der Waals surface area (Å²) in [4.78, 5) is 35.9. The van der Waals surface area contributed by atoms with Crippen LogP contribution in [-0.2, 0) is 0 Å². The van der Waals surface area contributed by atoms with Gasteiger partial charge in [-0.15, -0.1) is 0 Å². The van der Waals surface area contributed by atoms with E-state index in [0.717, 1.165) is 0 Å². The van der Waals surface area contributed by atoms with Gasteiger partial charge in [-0.1, -0.05) is 0 Å². The van der Waals surface area contributed by atoms with Crippen LogP contribution in [0.1, 0.15) is 0 Å². The average Bonchev–Trinajstić information content (AvgIpc) is 1.96. The summed E-state index contributed by atoms with van der Waals surface area (Å²) in [6, 6.07) is -0.941. The number of hydrogen-bond acceptors (Lipinski definition) is 4. The molecule has 8 nitrogen and oxygen atoms in total. The van der Waals surface area contributed by atoms with E-state index in [0.29, 0.717) is 0 Å². The Kier molecular flexibility index (Phi) is 2.05. The highest BCUT2D eigenvalue weighted by Crippen LogP contribution is 2.03. The van der Waals surface area contributed by atoms with Crippen LogP contribution < -0.4 is 28.0 Å². The standard InChI is InChI=1S/C5H7N5O3/c6-2-1(8-4(7)12)3(11)10-5(13)9-2/h(H3,7,8,12)(H4,6,9,10,11,13). The fourth-order valence-electron chi connectivity index (χ4n) is 0.751. The highest BCUT2D eigenvalue weighted by atomic mass is 16.2. The number of hydrogen-bond donors (Lipinski definition) is 5. The zero-order valence-corrected chi connectivity index (χ0v) is 6.38. The molecule has 1 aromatic rings. The number of carbonyl (C=O) groups is 1. The molecule has 0 aliphatic heterocycles. The number of aromatic amines is 2. The second-order valence-electron chi connectivity index (χ2n) is 2.19. The molecule has 0 fully saturated rings. The van der Waals surface area contributed by atoms with Crippen LogP contribution in [-0.4, -0.2) is 16.0 Å². The summed E-state index contributed by atoms with van der Waals surface area (Å²) >= 11 is 0. The number of aromatic nitrogens is 2. The van der Waals surface area contributed by atoms with Gasteiger partial charge in [0.15, 0.2) is 0 Å². The van der Waals surface area contributed by atoms with Crippen LogP contribution >= 0.6 is 0 Å². The highest BCUT2D eigenvalue weighted by Gasteiger charge is 2.07. The Labute approximate surface area is 70.9 Å². The summed E-state index contributed by atoms with van der Waals surface area (Å²) < 4.78 is 0. The van der Waals surface area contributed by atoms with E-state index in [-0.39, 0.29) is 11.5 Å². The monoisotopic (exact) mass is 185 g/mol. The number of primary amides is 1. The van der Waals surface area contributed by atoms with Gasteiger partial charge < -0.3 is 16.8 Å². The third kappa shape index (κ3) is 1.86. The molecule has 1 heterocycles. The molecule has 1 rings (SSSR count). The number of carbonyl (C=O) groups excluding carboxylic acids is 1. The second-order valence-corrected chi connectivity index (χ2v) is 2.19. The first-order valence-corrected chi connectivity index (χ1v) is 3.19. The largest absolute Gasteiger partial charge is 0.383 e. The number of amides is 2. The van der Waals surface area contributed by atoms with Crippen molar-refractivity contribution in [2.24, 2.45) is 5.73 Å². The number of urea groups is 1. The molecule has 2 amide bonds. The first-order valence-electron chi connectivity index (χ1n) is 3.19. The molecule has 8 heteroatoms. The highest BCUT2D eigenvalue weighted by molar-refractivity contribution is 5.90. The van der Waals surface area contributed by atoms with Crippen LogP contribution in [0.15, 0.2) is 9.59 Å². The zero-order valence-electron chi connectivity index (χ0n) is 6.38. The lowest BCUT2D eigenvalue weighted by Gasteiger charge is -2.02. The molecule has 13 heavy (non-hydrogen) atoms. The normalized spacial score (nSPS) is 9.54. The molecule has 0 aliphatic rings. The first kappa shape index (κ1) is 8.84. The Morgan fingerprint density at radius 1 is 1.31 bits per heavy atom. The van der Waals surface area contributed by atoms with Crippen molar-refractivity contribution in [3.63, 3.8) is 0 Å². The number of rotatable bonds is 1. The van der Waals surface area contributed by atoms with Crippen molar-refractivity contribution in [3.8, 4) is 0 Å². The van der Waals surface area contributed by atoms with Crippen LogP contribution in [0.4, 0.5) is 16.3 Å². The predicted octanol–water partition coefficient (Wildman–Crippen LogP) is -1.86. The van der Waals surface area contributed by atoms with E-state index >= 15 is 0 Å². The van der Waals surface area contributed by atoms with Crippen molar-refractivity contribution in [2.45, 2.75) is 0 Å². The maximum absolute atomic E-state index is 11.0. The smallest absolute Gasteiger partial charge is 0.327 e. The van der Waals surface area contributed by atoms with Crippen LogP contribution in [0.3, 0.4) is 0 Å². The van der Waals surface area contributed by atoms with E-state index in [2.05, 4.69) is 4.98 Å². The van der Waals surface area contributed by atoms with Crippen LogP contribution in [0.2, 0.25) is 0 Å². The van der Waals surface area contributed by atoms with Crippen LogP contribution in [0.25, 0.3) is 0 Å². The Bertz CT molecular complexity index is 444. The minimum Gasteiger partial charge on any atom is -0.383 e. The van der Waals surface area contributed by atoms with Crippen molar-refractivity contribution >= 4 is 17.5 Å². The van der Waals surface area contributed by atoms with Gasteiger partial charge in [0.2, 0.25) is 0 Å². The van der Waals surface area contributed by atoms with E-state index in [1.54, 1.807) is 0 Å². The molecule has 0 unspecified atom stereocenters. The van der Waals surface area contributed by atoms with Gasteiger partial charge in [-0.25, -0.2) is 9.59 Å². The summed E-state index contributed by atoms with van der Waals surface area (Å²) in [5, 5.41) is 1.97. The lowest BCUT2D eigenvalue weighted by Crippen LogP contribution is -2.30.